The zero-order valence-corrected chi connectivity index (χ0v) is 12.1. The molecule has 0 aliphatic rings. The number of hydrogen-bond donors (Lipinski definition) is 0. The Morgan fingerprint density at radius 2 is 1.82 bits per heavy atom. The highest BCUT2D eigenvalue weighted by molar-refractivity contribution is 7.14. The highest BCUT2D eigenvalue weighted by atomic mass is 32.1. The molecule has 0 amide bonds. The Bertz CT molecular complexity index is 369. The zero-order valence-electron chi connectivity index (χ0n) is 11.3. The molecule has 0 saturated carbocycles. The van der Waals surface area contributed by atoms with E-state index >= 15 is 0 Å². The van der Waals surface area contributed by atoms with Crippen molar-refractivity contribution in [2.75, 3.05) is 0 Å². The number of aryl methyl sites for hydroxylation is 1. The van der Waals surface area contributed by atoms with Gasteiger partial charge in [0, 0.05) is 9.75 Å². The Morgan fingerprint density at radius 1 is 1.06 bits per heavy atom. The van der Waals surface area contributed by atoms with Gasteiger partial charge in [-0.2, -0.15) is 0 Å². The summed E-state index contributed by atoms with van der Waals surface area (Å²) in [7, 11) is 0. The van der Waals surface area contributed by atoms with E-state index in [1.165, 1.54) is 47.4 Å². The van der Waals surface area contributed by atoms with Crippen molar-refractivity contribution < 1.29 is 0 Å². The van der Waals surface area contributed by atoms with Gasteiger partial charge in [0.15, 0.2) is 0 Å². The van der Waals surface area contributed by atoms with Gasteiger partial charge in [0.05, 0.1) is 0 Å². The van der Waals surface area contributed by atoms with Crippen LogP contribution in [-0.2, 0) is 6.42 Å². The van der Waals surface area contributed by atoms with Gasteiger partial charge in [-0.25, -0.2) is 0 Å². The van der Waals surface area contributed by atoms with Crippen LogP contribution in [0.1, 0.15) is 61.8 Å². The lowest BCUT2D eigenvalue weighted by Gasteiger charge is -1.99. The SMILES string of the molecule is C/C=C/c1cc(CCCCCC)c(/C=C/C)s1. The van der Waals surface area contributed by atoms with Crippen LogP contribution in [0.3, 0.4) is 0 Å². The van der Waals surface area contributed by atoms with Gasteiger partial charge < -0.3 is 0 Å². The fraction of sp³-hybridized carbons (Fsp3) is 0.500. The molecule has 1 aromatic rings. The lowest BCUT2D eigenvalue weighted by Crippen LogP contribution is -1.85. The summed E-state index contributed by atoms with van der Waals surface area (Å²) in [5.41, 5.74) is 1.53. The summed E-state index contributed by atoms with van der Waals surface area (Å²) in [5, 5.41) is 0. The molecule has 1 heteroatoms. The third-order valence-electron chi connectivity index (χ3n) is 2.81. The van der Waals surface area contributed by atoms with Crippen molar-refractivity contribution in [3.63, 3.8) is 0 Å². The molecule has 0 fully saturated rings. The topological polar surface area (TPSA) is 0 Å². The van der Waals surface area contributed by atoms with Gasteiger partial charge in [0.1, 0.15) is 0 Å². The van der Waals surface area contributed by atoms with Crippen molar-refractivity contribution >= 4 is 23.5 Å². The minimum Gasteiger partial charge on any atom is -0.136 e. The van der Waals surface area contributed by atoms with Gasteiger partial charge in [-0.3, -0.25) is 0 Å². The third-order valence-corrected chi connectivity index (χ3v) is 3.92. The van der Waals surface area contributed by atoms with Crippen LogP contribution in [0.2, 0.25) is 0 Å². The molecule has 94 valence electrons. The molecule has 0 atom stereocenters. The van der Waals surface area contributed by atoms with Crippen molar-refractivity contribution in [3.8, 4) is 0 Å². The Morgan fingerprint density at radius 3 is 2.47 bits per heavy atom. The maximum atomic E-state index is 2.35. The van der Waals surface area contributed by atoms with Crippen LogP contribution in [0.25, 0.3) is 12.2 Å². The predicted octanol–water partition coefficient (Wildman–Crippen LogP) is 5.94. The highest BCUT2D eigenvalue weighted by Crippen LogP contribution is 2.26. The number of rotatable bonds is 7. The summed E-state index contributed by atoms with van der Waals surface area (Å²) in [6.45, 7) is 6.44. The van der Waals surface area contributed by atoms with Crippen LogP contribution < -0.4 is 0 Å². The van der Waals surface area contributed by atoms with E-state index in [9.17, 15) is 0 Å². The van der Waals surface area contributed by atoms with Crippen LogP contribution >= 0.6 is 11.3 Å². The minimum atomic E-state index is 1.23. The van der Waals surface area contributed by atoms with E-state index in [0.717, 1.165) is 0 Å². The summed E-state index contributed by atoms with van der Waals surface area (Å²) in [4.78, 5) is 2.82. The lowest BCUT2D eigenvalue weighted by atomic mass is 10.1. The van der Waals surface area contributed by atoms with E-state index < -0.39 is 0 Å². The summed E-state index contributed by atoms with van der Waals surface area (Å²) < 4.78 is 0. The first-order valence-electron chi connectivity index (χ1n) is 6.69. The maximum absolute atomic E-state index is 2.35. The standard InChI is InChI=1S/C16H24S/c1-4-7-8-9-12-14-13-15(10-5-2)17-16(14)11-6-3/h5-6,10-11,13H,4,7-9,12H2,1-3H3/b10-5+,11-6+. The molecule has 0 saturated heterocycles. The number of hydrogen-bond acceptors (Lipinski definition) is 1. The van der Waals surface area contributed by atoms with Gasteiger partial charge in [0.25, 0.3) is 0 Å². The van der Waals surface area contributed by atoms with Crippen molar-refractivity contribution in [1.82, 2.24) is 0 Å². The van der Waals surface area contributed by atoms with Crippen LogP contribution in [0.5, 0.6) is 0 Å². The number of thiophene rings is 1. The first-order chi connectivity index (χ1) is 8.31. The highest BCUT2D eigenvalue weighted by Gasteiger charge is 2.04. The summed E-state index contributed by atoms with van der Waals surface area (Å²) >= 11 is 1.90. The van der Waals surface area contributed by atoms with Crippen LogP contribution in [0.4, 0.5) is 0 Å². The maximum Gasteiger partial charge on any atom is 0.0305 e. The van der Waals surface area contributed by atoms with E-state index in [2.05, 4.69) is 51.1 Å². The quantitative estimate of drug-likeness (QED) is 0.524. The summed E-state index contributed by atoms with van der Waals surface area (Å²) in [5.74, 6) is 0. The molecule has 0 aliphatic carbocycles. The second kappa shape index (κ2) is 8.30. The van der Waals surface area contributed by atoms with Gasteiger partial charge >= 0.3 is 0 Å². The smallest absolute Gasteiger partial charge is 0.0305 e. The Balaban J connectivity index is 2.67. The normalized spacial score (nSPS) is 11.9. The number of allylic oxidation sites excluding steroid dienone is 2. The van der Waals surface area contributed by atoms with Gasteiger partial charge in [0.2, 0.25) is 0 Å². The van der Waals surface area contributed by atoms with E-state index in [4.69, 9.17) is 0 Å². The molecule has 1 heterocycles. The largest absolute Gasteiger partial charge is 0.136 e. The van der Waals surface area contributed by atoms with Gasteiger partial charge in [-0.1, -0.05) is 38.3 Å². The van der Waals surface area contributed by atoms with Gasteiger partial charge in [-0.15, -0.1) is 11.3 Å². The Labute approximate surface area is 110 Å². The van der Waals surface area contributed by atoms with E-state index in [1.54, 1.807) is 0 Å². The van der Waals surface area contributed by atoms with Crippen molar-refractivity contribution in [2.45, 2.75) is 52.9 Å². The monoisotopic (exact) mass is 248 g/mol. The molecule has 0 radical (unpaired) electrons. The molecule has 0 aliphatic heterocycles. The van der Waals surface area contributed by atoms with Crippen molar-refractivity contribution in [3.05, 3.63) is 33.5 Å². The number of unbranched alkanes of at least 4 members (excludes halogenated alkanes) is 3. The minimum absolute atomic E-state index is 1.23. The van der Waals surface area contributed by atoms with E-state index in [1.807, 2.05) is 11.3 Å². The van der Waals surface area contributed by atoms with Crippen LogP contribution in [0, 0.1) is 0 Å². The summed E-state index contributed by atoms with van der Waals surface area (Å²) in [6.07, 6.45) is 15.3. The van der Waals surface area contributed by atoms with Gasteiger partial charge in [-0.05, 0) is 50.5 Å². The molecule has 17 heavy (non-hydrogen) atoms. The second-order valence-corrected chi connectivity index (χ2v) is 5.46. The van der Waals surface area contributed by atoms with E-state index in [-0.39, 0.29) is 0 Å². The fourth-order valence-electron chi connectivity index (χ4n) is 1.94. The third kappa shape index (κ3) is 4.91. The van der Waals surface area contributed by atoms with Crippen molar-refractivity contribution in [1.29, 1.82) is 0 Å². The average molecular weight is 248 g/mol. The van der Waals surface area contributed by atoms with Crippen LogP contribution in [0.15, 0.2) is 18.2 Å². The second-order valence-electron chi connectivity index (χ2n) is 4.35. The van der Waals surface area contributed by atoms with Crippen molar-refractivity contribution in [2.24, 2.45) is 0 Å². The molecule has 1 rings (SSSR count). The molecule has 0 unspecified atom stereocenters. The first kappa shape index (κ1) is 14.2. The zero-order chi connectivity index (χ0) is 12.5. The average Bonchev–Trinajstić information content (AvgIpc) is 2.68. The van der Waals surface area contributed by atoms with E-state index in [0.29, 0.717) is 0 Å². The molecular formula is C16H24S. The summed E-state index contributed by atoms with van der Waals surface area (Å²) in [6, 6.07) is 2.35. The fourth-order valence-corrected chi connectivity index (χ4v) is 3.10. The molecule has 0 spiro atoms. The molecule has 0 aromatic carbocycles. The predicted molar refractivity (Wildman–Crippen MR) is 81.6 cm³/mol. The Hall–Kier alpha value is -0.820. The van der Waals surface area contributed by atoms with Crippen LogP contribution in [-0.4, -0.2) is 0 Å². The molecule has 0 bridgehead atoms. The molecule has 1 aromatic heterocycles. The first-order valence-corrected chi connectivity index (χ1v) is 7.51. The Kier molecular flexibility index (Phi) is 6.95. The molecule has 0 nitrogen and oxygen atoms in total. The molecule has 0 N–H and O–H groups in total. The molecular weight excluding hydrogens is 224 g/mol. The lowest BCUT2D eigenvalue weighted by molar-refractivity contribution is 0.667.